The zero-order valence-electron chi connectivity index (χ0n) is 20.4. The number of aryl methyl sites for hydroxylation is 1. The summed E-state index contributed by atoms with van der Waals surface area (Å²) < 4.78 is 0. The minimum atomic E-state index is 0.0311. The van der Waals surface area contributed by atoms with Crippen LogP contribution in [0.4, 0.5) is 11.8 Å². The molecule has 2 saturated heterocycles. The van der Waals surface area contributed by atoms with E-state index in [2.05, 4.69) is 45.8 Å². The van der Waals surface area contributed by atoms with Gasteiger partial charge in [-0.3, -0.25) is 4.79 Å². The van der Waals surface area contributed by atoms with E-state index in [9.17, 15) is 4.79 Å². The summed E-state index contributed by atoms with van der Waals surface area (Å²) in [4.78, 5) is 29.4. The summed E-state index contributed by atoms with van der Waals surface area (Å²) in [5.74, 6) is 3.30. The molecule has 182 valence electrons. The largest absolute Gasteiger partial charge is 0.366 e. The number of hydrogen-bond acceptors (Lipinski definition) is 7. The number of carbonyl (C=O) groups is 1. The number of amides is 1. The number of carbonyl (C=O) groups excluding carboxylic acids is 1. The lowest BCUT2D eigenvalue weighted by molar-refractivity contribution is -0.136. The van der Waals surface area contributed by atoms with Crippen molar-refractivity contribution >= 4 is 17.7 Å². The molecule has 0 saturated carbocycles. The van der Waals surface area contributed by atoms with Crippen LogP contribution in [-0.2, 0) is 24.1 Å². The van der Waals surface area contributed by atoms with Crippen molar-refractivity contribution in [2.45, 2.75) is 64.8 Å². The van der Waals surface area contributed by atoms with Gasteiger partial charge in [0.15, 0.2) is 0 Å². The van der Waals surface area contributed by atoms with Gasteiger partial charge in [0.2, 0.25) is 11.9 Å². The Labute approximate surface area is 201 Å². The van der Waals surface area contributed by atoms with E-state index < -0.39 is 0 Å². The number of nitrogens with one attached hydrogen (secondary N) is 2. The van der Waals surface area contributed by atoms with Crippen LogP contribution >= 0.6 is 0 Å². The lowest BCUT2D eigenvalue weighted by Crippen LogP contribution is -2.59. The lowest BCUT2D eigenvalue weighted by Gasteiger charge is -2.47. The molecule has 5 rings (SSSR count). The number of anilines is 2. The Bertz CT molecular complexity index is 1030. The van der Waals surface area contributed by atoms with Gasteiger partial charge in [0.1, 0.15) is 18.0 Å². The molecule has 2 aromatic heterocycles. The summed E-state index contributed by atoms with van der Waals surface area (Å²) >= 11 is 0. The molecule has 2 fully saturated rings. The van der Waals surface area contributed by atoms with Gasteiger partial charge in [-0.2, -0.15) is 4.98 Å². The number of aromatic amines is 1. The van der Waals surface area contributed by atoms with Gasteiger partial charge in [-0.05, 0) is 50.5 Å². The second-order valence-electron chi connectivity index (χ2n) is 10.7. The highest BCUT2D eigenvalue weighted by molar-refractivity contribution is 5.87. The van der Waals surface area contributed by atoms with Gasteiger partial charge in [-0.25, -0.2) is 4.98 Å². The van der Waals surface area contributed by atoms with Crippen LogP contribution in [0.2, 0.25) is 0 Å². The molecule has 0 radical (unpaired) electrons. The molecule has 2 aliphatic heterocycles. The van der Waals surface area contributed by atoms with Crippen molar-refractivity contribution in [2.24, 2.45) is 11.3 Å². The zero-order chi connectivity index (χ0) is 23.7. The van der Waals surface area contributed by atoms with Gasteiger partial charge in [-0.15, -0.1) is 10.2 Å². The van der Waals surface area contributed by atoms with Crippen LogP contribution in [0, 0.1) is 11.3 Å². The summed E-state index contributed by atoms with van der Waals surface area (Å²) in [6, 6.07) is 0.219. The third-order valence-corrected chi connectivity index (χ3v) is 7.44. The molecule has 4 heterocycles. The Kier molecular flexibility index (Phi) is 6.27. The second kappa shape index (κ2) is 9.35. The minimum absolute atomic E-state index is 0.0311. The number of fused-ring (bicyclic) bond motifs is 1. The Morgan fingerprint density at radius 1 is 1.26 bits per heavy atom. The average Bonchev–Trinajstić information content (AvgIpc) is 3.47. The summed E-state index contributed by atoms with van der Waals surface area (Å²) in [5.41, 5.74) is 2.64. The van der Waals surface area contributed by atoms with Crippen LogP contribution in [0.15, 0.2) is 19.0 Å². The monoisotopic (exact) mass is 464 g/mol. The van der Waals surface area contributed by atoms with Crippen LogP contribution in [0.1, 0.15) is 56.6 Å². The summed E-state index contributed by atoms with van der Waals surface area (Å²) in [6.07, 6.45) is 10.3. The van der Waals surface area contributed by atoms with Gasteiger partial charge >= 0.3 is 0 Å². The molecule has 9 heteroatoms. The Morgan fingerprint density at radius 2 is 2.09 bits per heavy atom. The fourth-order valence-electron chi connectivity index (χ4n) is 5.77. The van der Waals surface area contributed by atoms with E-state index >= 15 is 0 Å². The van der Waals surface area contributed by atoms with Crippen molar-refractivity contribution in [3.63, 3.8) is 0 Å². The normalized spacial score (nSPS) is 19.7. The molecule has 2 aromatic rings. The number of hydrogen-bond donors (Lipinski definition) is 2. The topological polar surface area (TPSA) is 103 Å². The van der Waals surface area contributed by atoms with E-state index in [1.54, 1.807) is 6.33 Å². The van der Waals surface area contributed by atoms with E-state index in [0.717, 1.165) is 75.9 Å². The van der Waals surface area contributed by atoms with Crippen LogP contribution < -0.4 is 10.2 Å². The first-order valence-corrected chi connectivity index (χ1v) is 12.6. The van der Waals surface area contributed by atoms with Crippen molar-refractivity contribution in [3.05, 3.63) is 36.1 Å². The van der Waals surface area contributed by atoms with Crippen LogP contribution in [0.5, 0.6) is 0 Å². The first-order valence-electron chi connectivity index (χ1n) is 12.6. The lowest BCUT2D eigenvalue weighted by atomic mass is 9.79. The predicted octanol–water partition coefficient (Wildman–Crippen LogP) is 2.77. The average molecular weight is 465 g/mol. The van der Waals surface area contributed by atoms with E-state index in [4.69, 9.17) is 9.97 Å². The first-order chi connectivity index (χ1) is 16.4. The van der Waals surface area contributed by atoms with Crippen molar-refractivity contribution < 1.29 is 4.79 Å². The number of likely N-dealkylation sites (tertiary alicyclic amines) is 1. The number of rotatable bonds is 8. The quantitative estimate of drug-likeness (QED) is 0.579. The summed E-state index contributed by atoms with van der Waals surface area (Å²) in [6.45, 7) is 11.6. The van der Waals surface area contributed by atoms with E-state index in [0.29, 0.717) is 5.92 Å². The first kappa shape index (κ1) is 22.8. The van der Waals surface area contributed by atoms with Crippen LogP contribution in [0.25, 0.3) is 0 Å². The molecule has 9 nitrogen and oxygen atoms in total. The van der Waals surface area contributed by atoms with Crippen molar-refractivity contribution in [1.82, 2.24) is 30.0 Å². The molecular weight excluding hydrogens is 428 g/mol. The minimum Gasteiger partial charge on any atom is -0.366 e. The summed E-state index contributed by atoms with van der Waals surface area (Å²) in [7, 11) is 0. The van der Waals surface area contributed by atoms with E-state index in [1.165, 1.54) is 30.2 Å². The smallest absolute Gasteiger partial charge is 0.245 e. The molecule has 0 bridgehead atoms. The molecule has 1 aliphatic carbocycles. The molecule has 3 aliphatic rings. The highest BCUT2D eigenvalue weighted by atomic mass is 16.2. The number of nitrogens with zero attached hydrogens (tertiary/aromatic N) is 6. The number of aromatic nitrogens is 5. The maximum absolute atomic E-state index is 11.9. The highest BCUT2D eigenvalue weighted by Crippen LogP contribution is 2.41. The van der Waals surface area contributed by atoms with Gasteiger partial charge in [0.05, 0.1) is 5.69 Å². The van der Waals surface area contributed by atoms with Gasteiger partial charge in [0.25, 0.3) is 0 Å². The van der Waals surface area contributed by atoms with Gasteiger partial charge < -0.3 is 20.1 Å². The van der Waals surface area contributed by atoms with Gasteiger partial charge in [-0.1, -0.05) is 20.4 Å². The fraction of sp³-hybridized carbons (Fsp3) is 0.640. The molecule has 1 amide bonds. The van der Waals surface area contributed by atoms with Crippen molar-refractivity contribution in [1.29, 1.82) is 0 Å². The van der Waals surface area contributed by atoms with Crippen molar-refractivity contribution in [3.8, 4) is 0 Å². The molecule has 34 heavy (non-hydrogen) atoms. The number of H-pyrrole nitrogens is 1. The third-order valence-electron chi connectivity index (χ3n) is 7.44. The van der Waals surface area contributed by atoms with Crippen LogP contribution in [-0.4, -0.2) is 68.2 Å². The third kappa shape index (κ3) is 4.65. The predicted molar refractivity (Wildman–Crippen MR) is 132 cm³/mol. The van der Waals surface area contributed by atoms with Crippen LogP contribution in [0.3, 0.4) is 0 Å². The SMILES string of the molecule is C=CC(=O)N1CC2(CCN(c3nc4c(c(N[C@H](Cc5nnc[nH]5)CC(C)C)n3)CCCC4)C2)C1. The van der Waals surface area contributed by atoms with Crippen molar-refractivity contribution in [2.75, 3.05) is 36.4 Å². The molecule has 0 aromatic carbocycles. The summed E-state index contributed by atoms with van der Waals surface area (Å²) in [5, 5.41) is 11.9. The van der Waals surface area contributed by atoms with Gasteiger partial charge in [0, 0.05) is 49.6 Å². The molecule has 1 spiro atoms. The molecule has 2 N–H and O–H groups in total. The standard InChI is InChI=1S/C25H36N8O/c1-4-22(34)33-14-25(15-33)9-10-32(13-25)24-29-20-8-6-5-7-19(20)23(30-24)28-18(11-17(2)3)12-21-26-16-27-31-21/h4,16-18H,1,5-15H2,2-3H3,(H,26,27,31)(H,28,29,30)/t18-/m0/s1. The Hall–Kier alpha value is -2.97. The maximum atomic E-state index is 11.9. The van der Waals surface area contributed by atoms with E-state index in [-0.39, 0.29) is 17.4 Å². The molecule has 0 unspecified atom stereocenters. The zero-order valence-corrected chi connectivity index (χ0v) is 20.4. The maximum Gasteiger partial charge on any atom is 0.245 e. The Morgan fingerprint density at radius 3 is 2.82 bits per heavy atom. The second-order valence-corrected chi connectivity index (χ2v) is 10.7. The fourth-order valence-corrected chi connectivity index (χ4v) is 5.77. The molecule has 1 atom stereocenters. The highest BCUT2D eigenvalue weighted by Gasteiger charge is 2.49. The Balaban J connectivity index is 1.36. The molecular formula is C25H36N8O. The van der Waals surface area contributed by atoms with E-state index in [1.807, 2.05) is 4.90 Å².